The Morgan fingerprint density at radius 2 is 1.77 bits per heavy atom. The number of aromatic nitrogens is 1. The van der Waals surface area contributed by atoms with Crippen molar-refractivity contribution in [3.63, 3.8) is 0 Å². The van der Waals surface area contributed by atoms with Crippen LogP contribution in [0.2, 0.25) is 0 Å². The quantitative estimate of drug-likeness (QED) is 0.774. The average molecular weight is 325 g/mol. The molecule has 0 unspecified atom stereocenters. The molecule has 2 aliphatic heterocycles. The van der Waals surface area contributed by atoms with E-state index in [1.54, 1.807) is 22.1 Å². The Bertz CT molecular complexity index is 724. The van der Waals surface area contributed by atoms with Crippen LogP contribution < -0.4 is 0 Å². The molecule has 2 amide bonds. The van der Waals surface area contributed by atoms with E-state index < -0.39 is 21.9 Å². The van der Waals surface area contributed by atoms with Gasteiger partial charge >= 0.3 is 0 Å². The number of piperazine rings is 1. The average Bonchev–Trinajstić information content (AvgIpc) is 2.98. The fraction of sp³-hybridized carbons (Fsp3) is 0.571. The van der Waals surface area contributed by atoms with Crippen LogP contribution in [-0.4, -0.2) is 71.7 Å². The van der Waals surface area contributed by atoms with E-state index in [1.807, 2.05) is 6.92 Å². The number of carbonyl (C=O) groups is 2. The molecule has 2 atom stereocenters. The number of carbonyl (C=O) groups excluding carboxylic acids is 2. The molecule has 1 aromatic rings. The number of nitrogens with one attached hydrogen (secondary N) is 1. The van der Waals surface area contributed by atoms with E-state index in [2.05, 4.69) is 4.98 Å². The summed E-state index contributed by atoms with van der Waals surface area (Å²) in [6, 6.07) is 0.855. The van der Waals surface area contributed by atoms with Crippen LogP contribution in [0.1, 0.15) is 23.0 Å². The summed E-state index contributed by atoms with van der Waals surface area (Å²) in [7, 11) is -3.24. The number of aryl methyl sites for hydroxylation is 1. The van der Waals surface area contributed by atoms with Gasteiger partial charge < -0.3 is 14.8 Å². The van der Waals surface area contributed by atoms with Gasteiger partial charge in [0.25, 0.3) is 5.91 Å². The lowest BCUT2D eigenvalue weighted by molar-refractivity contribution is -0.133. The Morgan fingerprint density at radius 1 is 1.18 bits per heavy atom. The number of rotatable bonds is 1. The minimum absolute atomic E-state index is 0.0647. The molecule has 1 N–H and O–H groups in total. The molecule has 0 radical (unpaired) electrons. The van der Waals surface area contributed by atoms with Crippen molar-refractivity contribution in [2.75, 3.05) is 24.6 Å². The summed E-state index contributed by atoms with van der Waals surface area (Å²) in [5.41, 5.74) is 1.40. The first-order valence-corrected chi connectivity index (χ1v) is 9.04. The molecular formula is C14H19N3O4S. The molecular weight excluding hydrogens is 306 g/mol. The lowest BCUT2D eigenvalue weighted by Gasteiger charge is -2.43. The maximum absolute atomic E-state index is 12.6. The summed E-state index contributed by atoms with van der Waals surface area (Å²) < 4.78 is 24.0. The van der Waals surface area contributed by atoms with Crippen LogP contribution >= 0.6 is 0 Å². The van der Waals surface area contributed by atoms with E-state index in [9.17, 15) is 18.0 Å². The van der Waals surface area contributed by atoms with Crippen molar-refractivity contribution >= 4 is 21.7 Å². The lowest BCUT2D eigenvalue weighted by atomic mass is 10.0. The summed E-state index contributed by atoms with van der Waals surface area (Å²) in [6.45, 7) is 4.04. The first kappa shape index (κ1) is 15.1. The van der Waals surface area contributed by atoms with Gasteiger partial charge in [0.15, 0.2) is 9.84 Å². The van der Waals surface area contributed by atoms with Crippen molar-refractivity contribution in [2.24, 2.45) is 0 Å². The zero-order valence-electron chi connectivity index (χ0n) is 12.6. The molecule has 0 bridgehead atoms. The van der Waals surface area contributed by atoms with Gasteiger partial charge in [-0.25, -0.2) is 8.42 Å². The topological polar surface area (TPSA) is 90.6 Å². The minimum atomic E-state index is -3.24. The summed E-state index contributed by atoms with van der Waals surface area (Å²) in [6.07, 6.45) is 1.74. The van der Waals surface area contributed by atoms with Crippen LogP contribution in [-0.2, 0) is 14.6 Å². The Balaban J connectivity index is 1.91. The smallest absolute Gasteiger partial charge is 0.270 e. The van der Waals surface area contributed by atoms with Gasteiger partial charge in [-0.2, -0.15) is 0 Å². The number of hydrogen-bond acceptors (Lipinski definition) is 4. The number of amides is 2. The second kappa shape index (κ2) is 5.12. The first-order valence-electron chi connectivity index (χ1n) is 7.22. The van der Waals surface area contributed by atoms with Crippen molar-refractivity contribution in [1.29, 1.82) is 0 Å². The first-order chi connectivity index (χ1) is 10.3. The molecule has 2 saturated heterocycles. The van der Waals surface area contributed by atoms with Crippen LogP contribution in [0.5, 0.6) is 0 Å². The fourth-order valence-corrected chi connectivity index (χ4v) is 5.36. The molecule has 0 aliphatic carbocycles. The number of nitrogens with zero attached hydrogens (tertiary/aromatic N) is 2. The third kappa shape index (κ3) is 2.51. The summed E-state index contributed by atoms with van der Waals surface area (Å²) in [5.74, 6) is -0.490. The Labute approximate surface area is 129 Å². The number of sulfone groups is 1. The molecule has 0 saturated carbocycles. The zero-order valence-corrected chi connectivity index (χ0v) is 13.4. The predicted octanol–water partition coefficient (Wildman–Crippen LogP) is -0.207. The van der Waals surface area contributed by atoms with Crippen LogP contribution in [0.25, 0.3) is 0 Å². The Kier molecular flexibility index (Phi) is 3.51. The maximum atomic E-state index is 12.6. The van der Waals surface area contributed by atoms with Crippen molar-refractivity contribution in [1.82, 2.24) is 14.8 Å². The molecule has 2 aliphatic rings. The maximum Gasteiger partial charge on any atom is 0.270 e. The van der Waals surface area contributed by atoms with Crippen molar-refractivity contribution < 1.29 is 18.0 Å². The zero-order chi connectivity index (χ0) is 16.1. The molecule has 0 aromatic carbocycles. The number of H-pyrrole nitrogens is 1. The Morgan fingerprint density at radius 3 is 2.32 bits per heavy atom. The molecule has 120 valence electrons. The molecule has 7 nitrogen and oxygen atoms in total. The highest BCUT2D eigenvalue weighted by atomic mass is 32.2. The van der Waals surface area contributed by atoms with Gasteiger partial charge in [0, 0.05) is 26.2 Å². The third-order valence-corrected chi connectivity index (χ3v) is 6.10. The number of aromatic amines is 1. The molecule has 22 heavy (non-hydrogen) atoms. The molecule has 2 fully saturated rings. The van der Waals surface area contributed by atoms with E-state index in [4.69, 9.17) is 0 Å². The lowest BCUT2D eigenvalue weighted by Crippen LogP contribution is -2.61. The highest BCUT2D eigenvalue weighted by Crippen LogP contribution is 2.28. The molecule has 0 spiro atoms. The van der Waals surface area contributed by atoms with E-state index in [0.717, 1.165) is 5.56 Å². The van der Waals surface area contributed by atoms with Crippen molar-refractivity contribution in [3.8, 4) is 0 Å². The highest BCUT2D eigenvalue weighted by Gasteiger charge is 2.49. The molecule has 8 heteroatoms. The largest absolute Gasteiger partial charge is 0.357 e. The van der Waals surface area contributed by atoms with Gasteiger partial charge in [-0.05, 0) is 18.6 Å². The molecule has 1 aromatic heterocycles. The van der Waals surface area contributed by atoms with Gasteiger partial charge in [-0.1, -0.05) is 0 Å². The van der Waals surface area contributed by atoms with Crippen LogP contribution in [0, 0.1) is 6.92 Å². The van der Waals surface area contributed by atoms with Gasteiger partial charge in [-0.3, -0.25) is 9.59 Å². The van der Waals surface area contributed by atoms with Crippen molar-refractivity contribution in [3.05, 3.63) is 23.5 Å². The molecule has 3 rings (SSSR count). The monoisotopic (exact) mass is 325 g/mol. The van der Waals surface area contributed by atoms with Gasteiger partial charge in [0.2, 0.25) is 5.91 Å². The van der Waals surface area contributed by atoms with Crippen molar-refractivity contribution in [2.45, 2.75) is 25.9 Å². The predicted molar refractivity (Wildman–Crippen MR) is 80.2 cm³/mol. The fourth-order valence-electron chi connectivity index (χ4n) is 3.38. The molecule has 3 heterocycles. The second-order valence-corrected chi connectivity index (χ2v) is 8.17. The van der Waals surface area contributed by atoms with Crippen LogP contribution in [0.3, 0.4) is 0 Å². The van der Waals surface area contributed by atoms with Gasteiger partial charge in [-0.15, -0.1) is 0 Å². The van der Waals surface area contributed by atoms with Gasteiger partial charge in [0.05, 0.1) is 23.6 Å². The second-order valence-electron chi connectivity index (χ2n) is 6.01. The summed E-state index contributed by atoms with van der Waals surface area (Å²) in [5, 5.41) is 0. The highest BCUT2D eigenvalue weighted by molar-refractivity contribution is 7.91. The van der Waals surface area contributed by atoms with Gasteiger partial charge in [0.1, 0.15) is 5.69 Å². The van der Waals surface area contributed by atoms with E-state index in [0.29, 0.717) is 18.8 Å². The van der Waals surface area contributed by atoms with E-state index in [-0.39, 0.29) is 23.3 Å². The summed E-state index contributed by atoms with van der Waals surface area (Å²) in [4.78, 5) is 30.5. The summed E-state index contributed by atoms with van der Waals surface area (Å²) >= 11 is 0. The number of fused-ring (bicyclic) bond motifs is 1. The SMILES string of the molecule is CC(=O)N1CCN(C(=O)c2cc(C)c[nH]2)[C@@H]2CS(=O)(=O)C[C@@H]21. The third-order valence-electron chi connectivity index (χ3n) is 4.40. The van der Waals surface area contributed by atoms with Crippen LogP contribution in [0.15, 0.2) is 12.3 Å². The van der Waals surface area contributed by atoms with E-state index in [1.165, 1.54) is 6.92 Å². The normalized spacial score (nSPS) is 26.8. The minimum Gasteiger partial charge on any atom is -0.357 e. The Hall–Kier alpha value is -1.83. The van der Waals surface area contributed by atoms with Crippen LogP contribution in [0.4, 0.5) is 0 Å². The number of hydrogen-bond donors (Lipinski definition) is 1. The van der Waals surface area contributed by atoms with E-state index >= 15 is 0 Å². The standard InChI is InChI=1S/C14H19N3O4S/c1-9-5-11(15-6-9)14(19)17-4-3-16(10(2)18)12-7-22(20,21)8-13(12)17/h5-6,12-13,15H,3-4,7-8H2,1-2H3/t12-,13+/m0/s1.